The highest BCUT2D eigenvalue weighted by Crippen LogP contribution is 2.28. The Kier molecular flexibility index (Phi) is 4.23. The molecule has 16 heavy (non-hydrogen) atoms. The molecule has 0 aliphatic rings. The third-order valence-corrected chi connectivity index (χ3v) is 5.47. The number of benzene rings is 1. The number of sulfone groups is 1. The van der Waals surface area contributed by atoms with E-state index in [1.54, 1.807) is 19.9 Å². The van der Waals surface area contributed by atoms with Gasteiger partial charge < -0.3 is 5.73 Å². The number of hydrogen-bond acceptors (Lipinski definition) is 3. The van der Waals surface area contributed by atoms with Crippen LogP contribution >= 0.6 is 23.2 Å². The maximum Gasteiger partial charge on any atom is 0.183 e. The van der Waals surface area contributed by atoms with Gasteiger partial charge in [-0.25, -0.2) is 8.42 Å². The van der Waals surface area contributed by atoms with Crippen molar-refractivity contribution in [2.24, 2.45) is 5.73 Å². The summed E-state index contributed by atoms with van der Waals surface area (Å²) < 4.78 is 24.2. The second-order valence-electron chi connectivity index (χ2n) is 3.68. The summed E-state index contributed by atoms with van der Waals surface area (Å²) >= 11 is 11.6. The van der Waals surface area contributed by atoms with E-state index in [0.717, 1.165) is 0 Å². The summed E-state index contributed by atoms with van der Waals surface area (Å²) in [5.41, 5.74) is 5.59. The molecule has 0 bridgehead atoms. The van der Waals surface area contributed by atoms with Crippen LogP contribution in [-0.4, -0.2) is 19.7 Å². The van der Waals surface area contributed by atoms with Crippen LogP contribution in [0.25, 0.3) is 0 Å². The predicted octanol–water partition coefficient (Wildman–Crippen LogP) is 2.50. The second kappa shape index (κ2) is 4.92. The average molecular weight is 282 g/mol. The maximum absolute atomic E-state index is 12.1. The summed E-state index contributed by atoms with van der Waals surface area (Å²) in [4.78, 5) is 0.0338. The quantitative estimate of drug-likeness (QED) is 0.926. The molecule has 0 heterocycles. The van der Waals surface area contributed by atoms with Crippen LogP contribution in [-0.2, 0) is 9.84 Å². The largest absolute Gasteiger partial charge is 0.327 e. The molecule has 0 radical (unpaired) electrons. The fraction of sp³-hybridized carbons (Fsp3) is 0.400. The van der Waals surface area contributed by atoms with E-state index in [2.05, 4.69) is 0 Å². The fourth-order valence-corrected chi connectivity index (χ4v) is 3.45. The van der Waals surface area contributed by atoms with E-state index in [9.17, 15) is 8.42 Å². The van der Waals surface area contributed by atoms with Crippen molar-refractivity contribution in [3.8, 4) is 0 Å². The van der Waals surface area contributed by atoms with Crippen LogP contribution in [0.4, 0.5) is 0 Å². The molecule has 0 fully saturated rings. The molecule has 0 amide bonds. The van der Waals surface area contributed by atoms with Crippen LogP contribution in [0.15, 0.2) is 23.1 Å². The first-order valence-corrected chi connectivity index (χ1v) is 7.01. The lowest BCUT2D eigenvalue weighted by molar-refractivity contribution is 0.568. The molecule has 0 saturated carbocycles. The van der Waals surface area contributed by atoms with Crippen LogP contribution in [0.3, 0.4) is 0 Å². The van der Waals surface area contributed by atoms with Crippen LogP contribution in [0.5, 0.6) is 0 Å². The zero-order chi connectivity index (χ0) is 12.5. The molecule has 6 heteroatoms. The molecule has 0 aliphatic carbocycles. The van der Waals surface area contributed by atoms with E-state index in [1.165, 1.54) is 12.1 Å². The van der Waals surface area contributed by atoms with Crippen molar-refractivity contribution in [3.05, 3.63) is 28.2 Å². The van der Waals surface area contributed by atoms with Gasteiger partial charge in [0.15, 0.2) is 9.84 Å². The van der Waals surface area contributed by atoms with Crippen molar-refractivity contribution >= 4 is 33.0 Å². The minimum absolute atomic E-state index is 0.0338. The Morgan fingerprint density at radius 2 is 1.81 bits per heavy atom. The fourth-order valence-electron chi connectivity index (χ4n) is 1.18. The molecule has 2 N–H and O–H groups in total. The van der Waals surface area contributed by atoms with Crippen molar-refractivity contribution in [2.45, 2.75) is 30.0 Å². The van der Waals surface area contributed by atoms with Gasteiger partial charge in [0.25, 0.3) is 0 Å². The molecule has 0 saturated heterocycles. The highest BCUT2D eigenvalue weighted by Gasteiger charge is 2.28. The summed E-state index contributed by atoms with van der Waals surface area (Å²) in [6, 6.07) is 3.88. The third kappa shape index (κ3) is 2.69. The van der Waals surface area contributed by atoms with Gasteiger partial charge >= 0.3 is 0 Å². The van der Waals surface area contributed by atoms with Gasteiger partial charge in [-0.15, -0.1) is 0 Å². The Balaban J connectivity index is 3.32. The highest BCUT2D eigenvalue weighted by atomic mass is 35.5. The molecule has 3 nitrogen and oxygen atoms in total. The first kappa shape index (κ1) is 13.8. The van der Waals surface area contributed by atoms with E-state index in [4.69, 9.17) is 28.9 Å². The summed E-state index contributed by atoms with van der Waals surface area (Å²) in [7, 11) is -3.53. The summed E-state index contributed by atoms with van der Waals surface area (Å²) in [6.45, 7) is 3.19. The van der Waals surface area contributed by atoms with E-state index in [1.807, 2.05) is 0 Å². The lowest BCUT2D eigenvalue weighted by atomic mass is 10.3. The summed E-state index contributed by atoms with van der Waals surface area (Å²) in [5, 5.41) is -0.208. The van der Waals surface area contributed by atoms with Crippen molar-refractivity contribution in [1.29, 1.82) is 0 Å². The number of halogens is 2. The molecule has 1 aromatic carbocycles. The first-order chi connectivity index (χ1) is 7.26. The molecule has 0 aliphatic heterocycles. The molecule has 90 valence electrons. The number of rotatable bonds is 3. The van der Waals surface area contributed by atoms with Crippen LogP contribution < -0.4 is 5.73 Å². The van der Waals surface area contributed by atoms with E-state index < -0.39 is 21.1 Å². The Morgan fingerprint density at radius 3 is 2.31 bits per heavy atom. The zero-order valence-electron chi connectivity index (χ0n) is 8.94. The SMILES string of the molecule is CC(N)C(C)S(=O)(=O)c1cc(Cl)ccc1Cl. The van der Waals surface area contributed by atoms with Gasteiger partial charge in [0.05, 0.1) is 15.2 Å². The zero-order valence-corrected chi connectivity index (χ0v) is 11.3. The standard InChI is InChI=1S/C10H13Cl2NO2S/c1-6(13)7(2)16(14,15)10-5-8(11)3-4-9(10)12/h3-7H,13H2,1-2H3. The molecule has 1 rings (SSSR count). The van der Waals surface area contributed by atoms with E-state index >= 15 is 0 Å². The van der Waals surface area contributed by atoms with Gasteiger partial charge in [-0.3, -0.25) is 0 Å². The molecule has 0 spiro atoms. The first-order valence-electron chi connectivity index (χ1n) is 4.71. The second-order valence-corrected chi connectivity index (χ2v) is 6.80. The average Bonchev–Trinajstić information content (AvgIpc) is 2.20. The van der Waals surface area contributed by atoms with Crippen LogP contribution in [0.1, 0.15) is 13.8 Å². The van der Waals surface area contributed by atoms with Crippen molar-refractivity contribution < 1.29 is 8.42 Å². The molecule has 1 aromatic rings. The Bertz CT molecular complexity index is 486. The molecule has 2 atom stereocenters. The lowest BCUT2D eigenvalue weighted by Gasteiger charge is -2.17. The smallest absolute Gasteiger partial charge is 0.183 e. The molecular formula is C10H13Cl2NO2S. The van der Waals surface area contributed by atoms with Gasteiger partial charge in [0, 0.05) is 11.1 Å². The molecular weight excluding hydrogens is 269 g/mol. The van der Waals surface area contributed by atoms with Gasteiger partial charge in [-0.1, -0.05) is 23.2 Å². The molecule has 2 unspecified atom stereocenters. The number of hydrogen-bond donors (Lipinski definition) is 1. The van der Waals surface area contributed by atoms with Crippen molar-refractivity contribution in [1.82, 2.24) is 0 Å². The van der Waals surface area contributed by atoms with Crippen molar-refractivity contribution in [2.75, 3.05) is 0 Å². The van der Waals surface area contributed by atoms with E-state index in [0.29, 0.717) is 5.02 Å². The lowest BCUT2D eigenvalue weighted by Crippen LogP contribution is -2.35. The Morgan fingerprint density at radius 1 is 1.25 bits per heavy atom. The van der Waals surface area contributed by atoms with Gasteiger partial charge in [-0.2, -0.15) is 0 Å². The Labute approximate surface area is 105 Å². The molecule has 0 aromatic heterocycles. The Hall–Kier alpha value is -0.290. The minimum atomic E-state index is -3.53. The summed E-state index contributed by atoms with van der Waals surface area (Å²) in [6.07, 6.45) is 0. The minimum Gasteiger partial charge on any atom is -0.327 e. The predicted molar refractivity (Wildman–Crippen MR) is 66.8 cm³/mol. The number of nitrogens with two attached hydrogens (primary N) is 1. The van der Waals surface area contributed by atoms with Crippen molar-refractivity contribution in [3.63, 3.8) is 0 Å². The topological polar surface area (TPSA) is 60.2 Å². The van der Waals surface area contributed by atoms with E-state index in [-0.39, 0.29) is 9.92 Å². The normalized spacial score (nSPS) is 15.8. The van der Waals surface area contributed by atoms with Crippen LogP contribution in [0, 0.1) is 0 Å². The third-order valence-electron chi connectivity index (χ3n) is 2.43. The monoisotopic (exact) mass is 281 g/mol. The van der Waals surface area contributed by atoms with Gasteiger partial charge in [-0.05, 0) is 32.0 Å². The highest BCUT2D eigenvalue weighted by molar-refractivity contribution is 7.92. The van der Waals surface area contributed by atoms with Crippen LogP contribution in [0.2, 0.25) is 10.0 Å². The maximum atomic E-state index is 12.1. The summed E-state index contributed by atoms with van der Waals surface area (Å²) in [5.74, 6) is 0. The van der Waals surface area contributed by atoms with Gasteiger partial charge in [0.2, 0.25) is 0 Å². The van der Waals surface area contributed by atoms with Gasteiger partial charge in [0.1, 0.15) is 0 Å².